The Bertz CT molecular complexity index is 756. The fourth-order valence-electron chi connectivity index (χ4n) is 2.80. The van der Waals surface area contributed by atoms with E-state index in [0.29, 0.717) is 26.1 Å². The molecule has 0 aliphatic rings. The van der Waals surface area contributed by atoms with Gasteiger partial charge in [-0.15, -0.1) is 0 Å². The number of carbonyl (C=O) groups is 2. The smallest absolute Gasteiger partial charge is 0.221 e. The second-order valence-electron chi connectivity index (χ2n) is 6.57. The number of ether oxygens (including phenoxy) is 1. The molecule has 27 heavy (non-hydrogen) atoms. The van der Waals surface area contributed by atoms with E-state index in [1.807, 2.05) is 55.5 Å². The van der Waals surface area contributed by atoms with Gasteiger partial charge >= 0.3 is 0 Å². The number of hydrogen-bond donors (Lipinski definition) is 1. The van der Waals surface area contributed by atoms with E-state index in [2.05, 4.69) is 5.32 Å². The minimum atomic E-state index is -0.0421. The fourth-order valence-corrected chi connectivity index (χ4v) is 2.80. The van der Waals surface area contributed by atoms with Crippen LogP contribution in [0.25, 0.3) is 0 Å². The Labute approximate surface area is 161 Å². The Kier molecular flexibility index (Phi) is 7.86. The van der Waals surface area contributed by atoms with Crippen molar-refractivity contribution in [3.63, 3.8) is 0 Å². The van der Waals surface area contributed by atoms with Crippen molar-refractivity contribution in [2.75, 3.05) is 20.2 Å². The van der Waals surface area contributed by atoms with Gasteiger partial charge in [-0.25, -0.2) is 0 Å². The van der Waals surface area contributed by atoms with Crippen molar-refractivity contribution in [3.05, 3.63) is 65.2 Å². The van der Waals surface area contributed by atoms with Crippen LogP contribution in [0, 0.1) is 6.92 Å². The van der Waals surface area contributed by atoms with Gasteiger partial charge in [0.2, 0.25) is 11.8 Å². The third-order valence-corrected chi connectivity index (χ3v) is 4.57. The molecule has 144 valence electrons. The number of methoxy groups -OCH3 is 1. The highest BCUT2D eigenvalue weighted by atomic mass is 16.5. The largest absolute Gasteiger partial charge is 0.497 e. The summed E-state index contributed by atoms with van der Waals surface area (Å²) in [7, 11) is 1.64. The van der Waals surface area contributed by atoms with Crippen molar-refractivity contribution in [2.24, 2.45) is 0 Å². The number of aryl methyl sites for hydroxylation is 1. The Hall–Kier alpha value is -2.82. The van der Waals surface area contributed by atoms with Gasteiger partial charge in [0.1, 0.15) is 5.75 Å². The van der Waals surface area contributed by atoms with E-state index in [1.54, 1.807) is 18.9 Å². The van der Waals surface area contributed by atoms with E-state index in [-0.39, 0.29) is 11.8 Å². The van der Waals surface area contributed by atoms with Gasteiger partial charge in [-0.3, -0.25) is 9.59 Å². The maximum atomic E-state index is 12.1. The zero-order valence-corrected chi connectivity index (χ0v) is 16.3. The van der Waals surface area contributed by atoms with E-state index >= 15 is 0 Å². The quantitative estimate of drug-likeness (QED) is 0.740. The minimum Gasteiger partial charge on any atom is -0.497 e. The summed E-state index contributed by atoms with van der Waals surface area (Å²) in [5, 5.41) is 2.92. The van der Waals surface area contributed by atoms with Crippen molar-refractivity contribution in [1.29, 1.82) is 0 Å². The lowest BCUT2D eigenvalue weighted by molar-refractivity contribution is -0.130. The molecule has 0 saturated heterocycles. The summed E-state index contributed by atoms with van der Waals surface area (Å²) in [6, 6.07) is 15.8. The van der Waals surface area contributed by atoms with E-state index < -0.39 is 0 Å². The van der Waals surface area contributed by atoms with Crippen LogP contribution in [0.1, 0.15) is 30.0 Å². The Morgan fingerprint density at radius 2 is 1.78 bits per heavy atom. The van der Waals surface area contributed by atoms with Gasteiger partial charge in [0.05, 0.1) is 7.11 Å². The summed E-state index contributed by atoms with van der Waals surface area (Å²) < 4.78 is 5.13. The van der Waals surface area contributed by atoms with Crippen LogP contribution in [0.4, 0.5) is 0 Å². The first-order valence-corrected chi connectivity index (χ1v) is 9.19. The van der Waals surface area contributed by atoms with Crippen molar-refractivity contribution in [1.82, 2.24) is 10.2 Å². The van der Waals surface area contributed by atoms with E-state index in [4.69, 9.17) is 4.74 Å². The lowest BCUT2D eigenvalue weighted by Crippen LogP contribution is -2.34. The summed E-state index contributed by atoms with van der Waals surface area (Å²) in [6.45, 7) is 5.08. The molecular weight excluding hydrogens is 340 g/mol. The van der Waals surface area contributed by atoms with Crippen LogP contribution in [0.3, 0.4) is 0 Å². The van der Waals surface area contributed by atoms with Gasteiger partial charge in [0.15, 0.2) is 0 Å². The van der Waals surface area contributed by atoms with Crippen molar-refractivity contribution >= 4 is 11.8 Å². The van der Waals surface area contributed by atoms with Crippen LogP contribution in [0.5, 0.6) is 5.75 Å². The van der Waals surface area contributed by atoms with Gasteiger partial charge in [-0.2, -0.15) is 0 Å². The Morgan fingerprint density at radius 1 is 1.07 bits per heavy atom. The Morgan fingerprint density at radius 3 is 2.41 bits per heavy atom. The summed E-state index contributed by atoms with van der Waals surface area (Å²) in [6.07, 6.45) is 1.06. The van der Waals surface area contributed by atoms with Gasteiger partial charge in [0.25, 0.3) is 0 Å². The predicted molar refractivity (Wildman–Crippen MR) is 107 cm³/mol. The average molecular weight is 368 g/mol. The van der Waals surface area contributed by atoms with Crippen LogP contribution in [-0.4, -0.2) is 36.9 Å². The monoisotopic (exact) mass is 368 g/mol. The first kappa shape index (κ1) is 20.5. The van der Waals surface area contributed by atoms with E-state index in [0.717, 1.165) is 28.9 Å². The number of carbonyl (C=O) groups excluding carboxylic acids is 2. The molecule has 0 aliphatic carbocycles. The lowest BCUT2D eigenvalue weighted by atomic mass is 10.1. The van der Waals surface area contributed by atoms with Crippen molar-refractivity contribution < 1.29 is 14.3 Å². The lowest BCUT2D eigenvalue weighted by Gasteiger charge is -2.22. The molecule has 0 aliphatic heterocycles. The highest BCUT2D eigenvalue weighted by molar-refractivity contribution is 5.78. The molecule has 0 unspecified atom stereocenters. The molecule has 0 bridgehead atoms. The topological polar surface area (TPSA) is 58.6 Å². The molecule has 0 radical (unpaired) electrons. The number of nitrogens with zero attached hydrogens (tertiary/aromatic N) is 1. The molecule has 0 atom stereocenters. The first-order chi connectivity index (χ1) is 13.0. The van der Waals surface area contributed by atoms with Gasteiger partial charge in [0, 0.05) is 33.0 Å². The minimum absolute atomic E-state index is 0.0238. The normalized spacial score (nSPS) is 10.3. The third-order valence-electron chi connectivity index (χ3n) is 4.57. The average Bonchev–Trinajstić information content (AvgIpc) is 2.66. The van der Waals surface area contributed by atoms with Crippen LogP contribution in [-0.2, 0) is 22.6 Å². The number of nitrogens with one attached hydrogen (secondary N) is 1. The molecule has 5 nitrogen and oxygen atoms in total. The SMILES string of the molecule is COc1ccc(CCNC(=O)CCN(Cc2ccccc2C)C(C)=O)cc1. The number of rotatable bonds is 9. The van der Waals surface area contributed by atoms with Gasteiger partial charge in [-0.05, 0) is 42.2 Å². The zero-order chi connectivity index (χ0) is 19.6. The molecule has 0 spiro atoms. The standard InChI is InChI=1S/C22H28N2O3/c1-17-6-4-5-7-20(17)16-24(18(2)25)15-13-22(26)23-14-12-19-8-10-21(27-3)11-9-19/h4-11H,12-16H2,1-3H3,(H,23,26). The summed E-state index contributed by atoms with van der Waals surface area (Å²) in [4.78, 5) is 25.7. The molecule has 1 N–H and O–H groups in total. The number of hydrogen-bond acceptors (Lipinski definition) is 3. The van der Waals surface area contributed by atoms with E-state index in [1.165, 1.54) is 0 Å². The second kappa shape index (κ2) is 10.4. The van der Waals surface area contributed by atoms with Crippen LogP contribution in [0.2, 0.25) is 0 Å². The Balaban J connectivity index is 1.76. The third kappa shape index (κ3) is 6.77. The first-order valence-electron chi connectivity index (χ1n) is 9.19. The predicted octanol–water partition coefficient (Wildman–Crippen LogP) is 3.10. The summed E-state index contributed by atoms with van der Waals surface area (Å²) in [5.74, 6) is 0.754. The van der Waals surface area contributed by atoms with Crippen molar-refractivity contribution in [3.8, 4) is 5.75 Å². The fraction of sp³-hybridized carbons (Fsp3) is 0.364. The maximum Gasteiger partial charge on any atom is 0.221 e. The highest BCUT2D eigenvalue weighted by Crippen LogP contribution is 2.12. The molecule has 2 rings (SSSR count). The molecule has 5 heteroatoms. The van der Waals surface area contributed by atoms with E-state index in [9.17, 15) is 9.59 Å². The number of amides is 2. The molecule has 0 fully saturated rings. The van der Waals surface area contributed by atoms with Crippen LogP contribution >= 0.6 is 0 Å². The summed E-state index contributed by atoms with van der Waals surface area (Å²) >= 11 is 0. The van der Waals surface area contributed by atoms with Crippen LogP contribution < -0.4 is 10.1 Å². The number of benzene rings is 2. The maximum absolute atomic E-state index is 12.1. The molecule has 2 aromatic rings. The molecule has 2 amide bonds. The second-order valence-corrected chi connectivity index (χ2v) is 6.57. The zero-order valence-electron chi connectivity index (χ0n) is 16.3. The van der Waals surface area contributed by atoms with Crippen molar-refractivity contribution in [2.45, 2.75) is 33.2 Å². The van der Waals surface area contributed by atoms with Gasteiger partial charge < -0.3 is 15.0 Å². The highest BCUT2D eigenvalue weighted by Gasteiger charge is 2.12. The summed E-state index contributed by atoms with van der Waals surface area (Å²) in [5.41, 5.74) is 3.39. The molecule has 0 heterocycles. The van der Waals surface area contributed by atoms with Gasteiger partial charge in [-0.1, -0.05) is 36.4 Å². The molecular formula is C22H28N2O3. The molecule has 2 aromatic carbocycles. The molecule has 0 aromatic heterocycles. The molecule has 0 saturated carbocycles. The van der Waals surface area contributed by atoms with Crippen LogP contribution in [0.15, 0.2) is 48.5 Å².